The van der Waals surface area contributed by atoms with Crippen molar-refractivity contribution in [1.82, 2.24) is 10.2 Å². The van der Waals surface area contributed by atoms with Crippen LogP contribution < -0.4 is 5.32 Å². The van der Waals surface area contributed by atoms with Crippen molar-refractivity contribution in [2.45, 2.75) is 90.1 Å². The lowest BCUT2D eigenvalue weighted by atomic mass is 9.75. The summed E-state index contributed by atoms with van der Waals surface area (Å²) in [5.74, 6) is 0.940. The second kappa shape index (κ2) is 5.53. The van der Waals surface area contributed by atoms with Gasteiger partial charge in [0.1, 0.15) is 0 Å². The molecule has 3 aliphatic rings. The fourth-order valence-corrected chi connectivity index (χ4v) is 4.58. The number of hydrogen-bond donors (Lipinski definition) is 1. The van der Waals surface area contributed by atoms with Crippen LogP contribution in [0.1, 0.15) is 79.1 Å². The van der Waals surface area contributed by atoms with Gasteiger partial charge < -0.3 is 5.32 Å². The van der Waals surface area contributed by atoms with Gasteiger partial charge in [-0.1, -0.05) is 40.0 Å². The minimum absolute atomic E-state index is 0.389. The molecular weight excluding hydrogens is 256 g/mol. The summed E-state index contributed by atoms with van der Waals surface area (Å²) in [6, 6.07) is 0. The number of hydrogen-bond acceptors (Lipinski definition) is 2. The van der Waals surface area contributed by atoms with Crippen LogP contribution >= 0.6 is 0 Å². The summed E-state index contributed by atoms with van der Waals surface area (Å²) in [6.45, 7) is 13.5. The Bertz CT molecular complexity index is 360. The van der Waals surface area contributed by atoms with Gasteiger partial charge >= 0.3 is 0 Å². The van der Waals surface area contributed by atoms with E-state index in [1.54, 1.807) is 0 Å². The van der Waals surface area contributed by atoms with E-state index in [1.165, 1.54) is 71.0 Å². The van der Waals surface area contributed by atoms with Crippen LogP contribution in [0.2, 0.25) is 0 Å². The number of nitrogens with zero attached hydrogens (tertiary/aromatic N) is 1. The van der Waals surface area contributed by atoms with Gasteiger partial charge in [-0.3, -0.25) is 4.90 Å². The van der Waals surface area contributed by atoms with Gasteiger partial charge in [0, 0.05) is 24.2 Å². The van der Waals surface area contributed by atoms with Crippen LogP contribution in [0.15, 0.2) is 0 Å². The Morgan fingerprint density at radius 1 is 1.10 bits per heavy atom. The maximum absolute atomic E-state index is 4.00. The second-order valence-corrected chi connectivity index (χ2v) is 9.56. The van der Waals surface area contributed by atoms with E-state index >= 15 is 0 Å². The molecule has 1 atom stereocenters. The molecule has 2 heteroatoms. The van der Waals surface area contributed by atoms with Gasteiger partial charge in [0.15, 0.2) is 0 Å². The summed E-state index contributed by atoms with van der Waals surface area (Å²) < 4.78 is 0. The van der Waals surface area contributed by atoms with E-state index in [2.05, 4.69) is 37.9 Å². The van der Waals surface area contributed by atoms with E-state index < -0.39 is 0 Å². The summed E-state index contributed by atoms with van der Waals surface area (Å²) >= 11 is 0. The van der Waals surface area contributed by atoms with Gasteiger partial charge in [-0.2, -0.15) is 0 Å². The third-order valence-electron chi connectivity index (χ3n) is 6.41. The smallest absolute Gasteiger partial charge is 0.0334 e. The zero-order chi connectivity index (χ0) is 15.1. The van der Waals surface area contributed by atoms with Gasteiger partial charge in [0.2, 0.25) is 0 Å². The number of piperazine rings is 1. The fraction of sp³-hybridized carbons (Fsp3) is 1.00. The lowest BCUT2D eigenvalue weighted by Gasteiger charge is -2.56. The highest BCUT2D eigenvalue weighted by Gasteiger charge is 2.51. The predicted molar refractivity (Wildman–Crippen MR) is 90.6 cm³/mol. The van der Waals surface area contributed by atoms with Gasteiger partial charge in [-0.25, -0.2) is 0 Å². The summed E-state index contributed by atoms with van der Waals surface area (Å²) in [5, 5.41) is 4.00. The molecule has 0 bridgehead atoms. The molecule has 1 aliphatic heterocycles. The fourth-order valence-electron chi connectivity index (χ4n) is 4.58. The highest BCUT2D eigenvalue weighted by atomic mass is 15.3. The molecule has 2 nitrogen and oxygen atoms in total. The van der Waals surface area contributed by atoms with E-state index in [-0.39, 0.29) is 0 Å². The highest BCUT2D eigenvalue weighted by molar-refractivity contribution is 5.09. The summed E-state index contributed by atoms with van der Waals surface area (Å²) in [4.78, 5) is 2.92. The van der Waals surface area contributed by atoms with E-state index in [0.717, 1.165) is 5.92 Å². The van der Waals surface area contributed by atoms with E-state index in [0.29, 0.717) is 16.5 Å². The molecule has 1 unspecified atom stereocenters. The maximum atomic E-state index is 4.00. The first-order valence-electron chi connectivity index (χ1n) is 9.33. The van der Waals surface area contributed by atoms with Gasteiger partial charge in [0.25, 0.3) is 0 Å². The summed E-state index contributed by atoms with van der Waals surface area (Å²) in [5.41, 5.74) is 1.33. The third kappa shape index (κ3) is 3.47. The SMILES string of the molecule is CC(C)(C)CCN1CC(C)(C2CC2)NCC12CCCCC2. The van der Waals surface area contributed by atoms with Crippen LogP contribution in [0.25, 0.3) is 0 Å². The van der Waals surface area contributed by atoms with E-state index in [9.17, 15) is 0 Å². The molecule has 0 aromatic carbocycles. The molecule has 2 aliphatic carbocycles. The maximum Gasteiger partial charge on any atom is 0.0334 e. The van der Waals surface area contributed by atoms with Crippen molar-refractivity contribution in [2.24, 2.45) is 11.3 Å². The molecule has 122 valence electrons. The highest BCUT2D eigenvalue weighted by Crippen LogP contribution is 2.45. The molecule has 1 saturated heterocycles. The van der Waals surface area contributed by atoms with Crippen LogP contribution in [-0.2, 0) is 0 Å². The Morgan fingerprint density at radius 3 is 2.33 bits per heavy atom. The molecule has 0 amide bonds. The van der Waals surface area contributed by atoms with Crippen LogP contribution in [0.3, 0.4) is 0 Å². The van der Waals surface area contributed by atoms with Crippen LogP contribution in [-0.4, -0.2) is 35.6 Å². The second-order valence-electron chi connectivity index (χ2n) is 9.56. The average Bonchev–Trinajstić information content (AvgIpc) is 3.25. The minimum Gasteiger partial charge on any atom is -0.308 e. The molecule has 0 aromatic rings. The molecule has 1 heterocycles. The Balaban J connectivity index is 1.73. The number of rotatable bonds is 3. The standard InChI is InChI=1S/C19H36N2/c1-17(2,3)12-13-21-15-18(4,16-8-9-16)20-14-19(21)10-6-5-7-11-19/h16,20H,5-15H2,1-4H3. The average molecular weight is 293 g/mol. The molecular formula is C19H36N2. The molecule has 2 saturated carbocycles. The first-order valence-corrected chi connectivity index (χ1v) is 9.33. The van der Waals surface area contributed by atoms with E-state index in [4.69, 9.17) is 0 Å². The zero-order valence-electron chi connectivity index (χ0n) is 14.8. The van der Waals surface area contributed by atoms with Crippen molar-refractivity contribution in [3.8, 4) is 0 Å². The third-order valence-corrected chi connectivity index (χ3v) is 6.41. The zero-order valence-corrected chi connectivity index (χ0v) is 14.8. The van der Waals surface area contributed by atoms with Gasteiger partial charge in [-0.05, 0) is 56.9 Å². The first-order chi connectivity index (χ1) is 9.83. The van der Waals surface area contributed by atoms with Crippen LogP contribution in [0, 0.1) is 11.3 Å². The van der Waals surface area contributed by atoms with Crippen molar-refractivity contribution in [1.29, 1.82) is 0 Å². The molecule has 1 spiro atoms. The Hall–Kier alpha value is -0.0800. The molecule has 0 radical (unpaired) electrons. The Kier molecular flexibility index (Phi) is 4.16. The Morgan fingerprint density at radius 2 is 1.76 bits per heavy atom. The molecule has 0 aromatic heterocycles. The Labute approximate surface area is 132 Å². The van der Waals surface area contributed by atoms with Gasteiger partial charge in [0.05, 0.1) is 0 Å². The van der Waals surface area contributed by atoms with Crippen molar-refractivity contribution in [3.63, 3.8) is 0 Å². The summed E-state index contributed by atoms with van der Waals surface area (Å²) in [6.07, 6.45) is 11.4. The monoisotopic (exact) mass is 292 g/mol. The molecule has 3 fully saturated rings. The summed E-state index contributed by atoms with van der Waals surface area (Å²) in [7, 11) is 0. The van der Waals surface area contributed by atoms with Crippen molar-refractivity contribution in [2.75, 3.05) is 19.6 Å². The topological polar surface area (TPSA) is 15.3 Å². The molecule has 1 N–H and O–H groups in total. The lowest BCUT2D eigenvalue weighted by molar-refractivity contribution is -0.0258. The van der Waals surface area contributed by atoms with Gasteiger partial charge in [-0.15, -0.1) is 0 Å². The minimum atomic E-state index is 0.389. The van der Waals surface area contributed by atoms with Crippen LogP contribution in [0.4, 0.5) is 0 Å². The number of nitrogens with one attached hydrogen (secondary N) is 1. The lowest BCUT2D eigenvalue weighted by Crippen LogP contribution is -2.70. The normalized spacial score (nSPS) is 34.3. The van der Waals surface area contributed by atoms with Crippen molar-refractivity contribution < 1.29 is 0 Å². The predicted octanol–water partition coefficient (Wildman–Crippen LogP) is 4.20. The van der Waals surface area contributed by atoms with Crippen molar-refractivity contribution >= 4 is 0 Å². The van der Waals surface area contributed by atoms with Crippen LogP contribution in [0.5, 0.6) is 0 Å². The quantitative estimate of drug-likeness (QED) is 0.838. The van der Waals surface area contributed by atoms with E-state index in [1.807, 2.05) is 0 Å². The largest absolute Gasteiger partial charge is 0.308 e. The molecule has 3 rings (SSSR count). The first kappa shape index (κ1) is 15.8. The molecule has 21 heavy (non-hydrogen) atoms. The van der Waals surface area contributed by atoms with Crippen molar-refractivity contribution in [3.05, 3.63) is 0 Å².